The topological polar surface area (TPSA) is 97.4 Å². The number of rotatable bonds is 12. The van der Waals surface area contributed by atoms with Gasteiger partial charge in [0.2, 0.25) is 0 Å². The molecule has 0 fully saturated rings. The lowest BCUT2D eigenvalue weighted by atomic mass is 9.97. The summed E-state index contributed by atoms with van der Waals surface area (Å²) in [5.41, 5.74) is 0.841. The van der Waals surface area contributed by atoms with Gasteiger partial charge in [0, 0.05) is 11.1 Å². The number of carbonyl (C=O) groups excluding carboxylic acids is 3. The van der Waals surface area contributed by atoms with Gasteiger partial charge in [0.25, 0.3) is 0 Å². The number of ether oxygens (including phenoxy) is 5. The van der Waals surface area contributed by atoms with Crippen molar-refractivity contribution in [3.05, 3.63) is 66.5 Å². The lowest BCUT2D eigenvalue weighted by Gasteiger charge is -2.17. The Kier molecular flexibility index (Phi) is 10.6. The van der Waals surface area contributed by atoms with Gasteiger partial charge in [-0.15, -0.1) is 0 Å². The van der Waals surface area contributed by atoms with E-state index in [2.05, 4.69) is 13.2 Å². The van der Waals surface area contributed by atoms with Crippen LogP contribution in [0.2, 0.25) is 0 Å². The lowest BCUT2D eigenvalue weighted by molar-refractivity contribution is -0.143. The molecule has 0 saturated carbocycles. The Morgan fingerprint density at radius 3 is 1.68 bits per heavy atom. The molecule has 0 bridgehead atoms. The second-order valence-corrected chi connectivity index (χ2v) is 9.48. The average Bonchev–Trinajstić information content (AvgIpc) is 2.85. The van der Waals surface area contributed by atoms with Crippen molar-refractivity contribution in [3.8, 4) is 28.4 Å². The van der Waals surface area contributed by atoms with Crippen LogP contribution in [0.25, 0.3) is 11.1 Å². The van der Waals surface area contributed by atoms with E-state index in [4.69, 9.17) is 23.7 Å². The summed E-state index contributed by atoms with van der Waals surface area (Å²) < 4.78 is 41.5. The molecule has 8 nitrogen and oxygen atoms in total. The molecule has 2 aromatic carbocycles. The molecule has 0 amide bonds. The highest BCUT2D eigenvalue weighted by atomic mass is 19.1. The van der Waals surface area contributed by atoms with E-state index in [1.54, 1.807) is 52.0 Å². The first-order valence-corrected chi connectivity index (χ1v) is 11.9. The van der Waals surface area contributed by atoms with E-state index in [1.165, 1.54) is 19.1 Å². The van der Waals surface area contributed by atoms with Crippen molar-refractivity contribution in [1.82, 2.24) is 0 Å². The summed E-state index contributed by atoms with van der Waals surface area (Å²) in [6, 6.07) is 9.18. The maximum atomic E-state index is 14.7. The normalized spacial score (nSPS) is 10.8. The smallest absolute Gasteiger partial charge is 0.333 e. The molecule has 0 N–H and O–H groups in total. The van der Waals surface area contributed by atoms with Crippen LogP contribution in [0.15, 0.2) is 60.7 Å². The molecule has 0 atom stereocenters. The molecule has 38 heavy (non-hydrogen) atoms. The predicted octanol–water partition coefficient (Wildman–Crippen LogP) is 5.44. The third kappa shape index (κ3) is 9.06. The van der Waals surface area contributed by atoms with E-state index < -0.39 is 29.1 Å². The lowest BCUT2D eigenvalue weighted by Crippen LogP contribution is -2.25. The Hall–Kier alpha value is -4.14. The molecule has 0 aliphatic heterocycles. The van der Waals surface area contributed by atoms with Crippen LogP contribution in [0.4, 0.5) is 4.39 Å². The van der Waals surface area contributed by atoms with Crippen molar-refractivity contribution in [2.75, 3.05) is 26.4 Å². The first-order valence-electron chi connectivity index (χ1n) is 11.9. The molecule has 0 saturated heterocycles. The van der Waals surface area contributed by atoms with E-state index >= 15 is 0 Å². The van der Waals surface area contributed by atoms with Crippen molar-refractivity contribution in [2.45, 2.75) is 34.6 Å². The number of halogens is 1. The van der Waals surface area contributed by atoms with E-state index in [-0.39, 0.29) is 43.3 Å². The summed E-state index contributed by atoms with van der Waals surface area (Å²) in [7, 11) is 0. The van der Waals surface area contributed by atoms with E-state index in [0.717, 1.165) is 0 Å². The summed E-state index contributed by atoms with van der Waals surface area (Å²) in [5.74, 6) is -1.86. The second-order valence-electron chi connectivity index (χ2n) is 9.48. The highest BCUT2D eigenvalue weighted by molar-refractivity contribution is 5.87. The molecule has 2 rings (SSSR count). The fourth-order valence-electron chi connectivity index (χ4n) is 2.75. The number of hydrogen-bond acceptors (Lipinski definition) is 8. The van der Waals surface area contributed by atoms with Gasteiger partial charge in [-0.1, -0.05) is 25.3 Å². The van der Waals surface area contributed by atoms with Gasteiger partial charge in [-0.05, 0) is 70.0 Å². The van der Waals surface area contributed by atoms with Crippen LogP contribution in [-0.2, 0) is 23.9 Å². The molecule has 0 heterocycles. The Morgan fingerprint density at radius 2 is 1.21 bits per heavy atom. The predicted molar refractivity (Wildman–Crippen MR) is 139 cm³/mol. The fourth-order valence-corrected chi connectivity index (χ4v) is 2.75. The van der Waals surface area contributed by atoms with Crippen molar-refractivity contribution >= 4 is 17.9 Å². The van der Waals surface area contributed by atoms with Gasteiger partial charge >= 0.3 is 17.9 Å². The van der Waals surface area contributed by atoms with Gasteiger partial charge < -0.3 is 23.7 Å². The van der Waals surface area contributed by atoms with Crippen molar-refractivity contribution in [3.63, 3.8) is 0 Å². The molecule has 0 aromatic heterocycles. The first kappa shape index (κ1) is 30.1. The van der Waals surface area contributed by atoms with Crippen molar-refractivity contribution in [1.29, 1.82) is 0 Å². The zero-order valence-corrected chi connectivity index (χ0v) is 22.4. The highest BCUT2D eigenvalue weighted by Gasteiger charge is 2.25. The third-order valence-electron chi connectivity index (χ3n) is 4.87. The minimum absolute atomic E-state index is 0.0108. The number of hydrogen-bond donors (Lipinski definition) is 0. The van der Waals surface area contributed by atoms with Crippen LogP contribution < -0.4 is 14.2 Å². The van der Waals surface area contributed by atoms with E-state index in [1.807, 2.05) is 0 Å². The summed E-state index contributed by atoms with van der Waals surface area (Å²) in [4.78, 5) is 35.3. The maximum Gasteiger partial charge on any atom is 0.333 e. The largest absolute Gasteiger partial charge is 0.486 e. The Balaban J connectivity index is 2.21. The quantitative estimate of drug-likeness (QED) is 0.156. The summed E-state index contributed by atoms with van der Waals surface area (Å²) in [5, 5.41) is 0. The van der Waals surface area contributed by atoms with Crippen molar-refractivity contribution in [2.24, 2.45) is 5.41 Å². The van der Waals surface area contributed by atoms with Crippen molar-refractivity contribution < 1.29 is 42.5 Å². The number of carbonyl (C=O) groups is 3. The third-order valence-corrected chi connectivity index (χ3v) is 4.87. The van der Waals surface area contributed by atoms with E-state index in [0.29, 0.717) is 22.6 Å². The second kappa shape index (κ2) is 13.4. The van der Waals surface area contributed by atoms with Gasteiger partial charge in [-0.3, -0.25) is 4.79 Å². The Morgan fingerprint density at radius 1 is 0.737 bits per heavy atom. The Labute approximate surface area is 222 Å². The van der Waals surface area contributed by atoms with Crippen LogP contribution in [0.3, 0.4) is 0 Å². The molecule has 9 heteroatoms. The fraction of sp³-hybridized carbons (Fsp3) is 0.345. The molecular weight excluding hydrogens is 495 g/mol. The summed E-state index contributed by atoms with van der Waals surface area (Å²) in [6.45, 7) is 15.2. The van der Waals surface area contributed by atoms with Gasteiger partial charge in [-0.25, -0.2) is 14.0 Å². The molecule has 2 aromatic rings. The summed E-state index contributed by atoms with van der Waals surface area (Å²) in [6.07, 6.45) is 0. The van der Waals surface area contributed by atoms with Crippen LogP contribution in [0.5, 0.6) is 17.2 Å². The van der Waals surface area contributed by atoms with Gasteiger partial charge in [-0.2, -0.15) is 0 Å². The monoisotopic (exact) mass is 528 g/mol. The molecule has 0 radical (unpaired) electrons. The van der Waals surface area contributed by atoms with Crippen LogP contribution in [0, 0.1) is 11.2 Å². The standard InChI is InChI=1S/C29H33FO8/c1-18(2)26(31)36-14-12-34-24-11-9-21(17-25(24)35-13-15-37-27(32)19(3)4)20-8-10-23(22(30)16-20)38-28(33)29(5,6)7/h8-11,16-17H,1,3,12-15H2,2,4-7H3. The molecule has 0 unspecified atom stereocenters. The van der Waals surface area contributed by atoms with E-state index in [9.17, 15) is 18.8 Å². The molecule has 0 aliphatic carbocycles. The highest BCUT2D eigenvalue weighted by Crippen LogP contribution is 2.34. The molecule has 0 aliphatic rings. The zero-order valence-electron chi connectivity index (χ0n) is 22.4. The van der Waals surface area contributed by atoms with Crippen LogP contribution >= 0.6 is 0 Å². The molecule has 0 spiro atoms. The maximum absolute atomic E-state index is 14.7. The van der Waals surface area contributed by atoms with Crippen LogP contribution in [0.1, 0.15) is 34.6 Å². The minimum atomic E-state index is -0.783. The van der Waals surface area contributed by atoms with Crippen LogP contribution in [-0.4, -0.2) is 44.3 Å². The first-order chi connectivity index (χ1) is 17.8. The average molecular weight is 529 g/mol. The number of benzene rings is 2. The molecular formula is C29H33FO8. The van der Waals surface area contributed by atoms with Gasteiger partial charge in [0.05, 0.1) is 5.41 Å². The SMILES string of the molecule is C=C(C)C(=O)OCCOc1ccc(-c2ccc(OC(=O)C(C)(C)C)c(F)c2)cc1OCCOC(=O)C(=C)C. The number of esters is 3. The molecule has 204 valence electrons. The van der Waals surface area contributed by atoms with Gasteiger partial charge in [0.15, 0.2) is 23.1 Å². The minimum Gasteiger partial charge on any atom is -0.486 e. The van der Waals surface area contributed by atoms with Gasteiger partial charge in [0.1, 0.15) is 26.4 Å². The summed E-state index contributed by atoms with van der Waals surface area (Å²) >= 11 is 0. The Bertz CT molecular complexity index is 1210. The zero-order chi connectivity index (χ0) is 28.5.